The Labute approximate surface area is 340 Å². The van der Waals surface area contributed by atoms with Gasteiger partial charge in [0.2, 0.25) is 0 Å². The molecule has 0 radical (unpaired) electrons. The highest BCUT2D eigenvalue weighted by Crippen LogP contribution is 2.53. The monoisotopic (exact) mass is 798 g/mol. The first-order valence-electron chi connectivity index (χ1n) is 19.3. The van der Waals surface area contributed by atoms with Crippen molar-refractivity contribution in [2.75, 3.05) is 4.90 Å². The Bertz CT molecular complexity index is 3240. The van der Waals surface area contributed by atoms with Crippen LogP contribution >= 0.6 is 0 Å². The molecule has 0 unspecified atom stereocenters. The van der Waals surface area contributed by atoms with Crippen LogP contribution in [0, 0.1) is 0 Å². The second kappa shape index (κ2) is 14.2. The summed E-state index contributed by atoms with van der Waals surface area (Å²) in [6.45, 7) is 0. The number of alkyl halides is 6. The van der Waals surface area contributed by atoms with Crippen LogP contribution in [0.15, 0.2) is 194 Å². The lowest BCUT2D eigenvalue weighted by Crippen LogP contribution is -2.12. The number of nitrogens with zero attached hydrogens (tertiary/aromatic N) is 2. The summed E-state index contributed by atoms with van der Waals surface area (Å²) in [5, 5.41) is 3.47. The van der Waals surface area contributed by atoms with Gasteiger partial charge in [0.15, 0.2) is 0 Å². The minimum Gasteiger partial charge on any atom is -0.310 e. The molecule has 0 spiro atoms. The lowest BCUT2D eigenvalue weighted by molar-refractivity contribution is -0.137. The average molecular weight is 799 g/mol. The zero-order valence-corrected chi connectivity index (χ0v) is 31.6. The summed E-state index contributed by atoms with van der Waals surface area (Å²) >= 11 is 0. The molecule has 0 bridgehead atoms. The summed E-state index contributed by atoms with van der Waals surface area (Å²) in [5.41, 5.74) is 3.54. The van der Waals surface area contributed by atoms with Crippen molar-refractivity contribution in [3.8, 4) is 27.9 Å². The second-order valence-electron chi connectivity index (χ2n) is 14.6. The molecule has 0 atom stereocenters. The van der Waals surface area contributed by atoms with E-state index in [1.165, 1.54) is 24.3 Å². The number of hydrogen-bond donors (Lipinski definition) is 0. The molecule has 0 fully saturated rings. The fourth-order valence-corrected chi connectivity index (χ4v) is 8.82. The predicted molar refractivity (Wildman–Crippen MR) is 231 cm³/mol. The molecule has 292 valence electrons. The van der Waals surface area contributed by atoms with E-state index >= 15 is 13.2 Å². The summed E-state index contributed by atoms with van der Waals surface area (Å²) in [6.07, 6.45) is -9.45. The largest absolute Gasteiger partial charge is 0.417 e. The van der Waals surface area contributed by atoms with E-state index in [1.54, 1.807) is 48.5 Å². The molecule has 0 aliphatic heterocycles. The van der Waals surface area contributed by atoms with Crippen LogP contribution in [0.3, 0.4) is 0 Å². The minimum atomic E-state index is -4.74. The highest BCUT2D eigenvalue weighted by Gasteiger charge is 2.37. The fraction of sp³-hybridized carbons (Fsp3) is 0.0385. The van der Waals surface area contributed by atoms with Crippen molar-refractivity contribution >= 4 is 60.4 Å². The van der Waals surface area contributed by atoms with Crippen molar-refractivity contribution < 1.29 is 26.3 Å². The third-order valence-electron chi connectivity index (χ3n) is 11.2. The summed E-state index contributed by atoms with van der Waals surface area (Å²) in [5.74, 6) is 0. The summed E-state index contributed by atoms with van der Waals surface area (Å²) in [6, 6.07) is 56.6. The quantitative estimate of drug-likeness (QED) is 0.120. The molecule has 10 rings (SSSR count). The van der Waals surface area contributed by atoms with E-state index in [-0.39, 0.29) is 22.3 Å². The molecule has 0 saturated carbocycles. The number of fused-ring (bicyclic) bond motifs is 5. The zero-order chi connectivity index (χ0) is 41.2. The minimum absolute atomic E-state index is 0.0691. The molecule has 0 aliphatic carbocycles. The van der Waals surface area contributed by atoms with Crippen molar-refractivity contribution in [2.24, 2.45) is 0 Å². The molecule has 0 aliphatic rings. The Morgan fingerprint density at radius 3 is 1.52 bits per heavy atom. The molecule has 60 heavy (non-hydrogen) atoms. The van der Waals surface area contributed by atoms with E-state index in [1.807, 2.05) is 95.9 Å². The van der Waals surface area contributed by atoms with Gasteiger partial charge in [0.05, 0.1) is 27.8 Å². The molecule has 9 aromatic carbocycles. The SMILES string of the molecule is FC(F)(F)c1ccccc1-c1c2ccccc2c(-c2ccccc2C(F)(F)F)c2c(N(c3ccccc3)c3ccc4c(c3)c3ccccc3n4-c3ccccc3)cccc12. The van der Waals surface area contributed by atoms with Gasteiger partial charge in [0, 0.05) is 38.8 Å². The first kappa shape index (κ1) is 37.0. The van der Waals surface area contributed by atoms with Crippen LogP contribution in [0.2, 0.25) is 0 Å². The van der Waals surface area contributed by atoms with Gasteiger partial charge in [0.25, 0.3) is 0 Å². The molecule has 10 aromatic rings. The third-order valence-corrected chi connectivity index (χ3v) is 11.2. The zero-order valence-electron chi connectivity index (χ0n) is 31.6. The van der Waals surface area contributed by atoms with E-state index in [0.717, 1.165) is 39.6 Å². The van der Waals surface area contributed by atoms with Gasteiger partial charge in [0.1, 0.15) is 0 Å². The van der Waals surface area contributed by atoms with Gasteiger partial charge in [-0.15, -0.1) is 0 Å². The maximum Gasteiger partial charge on any atom is 0.417 e. The number of para-hydroxylation sites is 3. The Balaban J connectivity index is 1.37. The number of rotatable bonds is 6. The average Bonchev–Trinajstić information content (AvgIpc) is 3.59. The van der Waals surface area contributed by atoms with Gasteiger partial charge in [-0.2, -0.15) is 26.3 Å². The maximum atomic E-state index is 15.1. The first-order chi connectivity index (χ1) is 29.1. The van der Waals surface area contributed by atoms with E-state index in [2.05, 4.69) is 22.8 Å². The molecule has 0 amide bonds. The molecule has 1 aromatic heterocycles. The van der Waals surface area contributed by atoms with Gasteiger partial charge in [-0.3, -0.25) is 0 Å². The molecule has 0 N–H and O–H groups in total. The topological polar surface area (TPSA) is 8.17 Å². The van der Waals surface area contributed by atoms with Crippen LogP contribution in [-0.2, 0) is 12.4 Å². The number of benzene rings is 9. The number of hydrogen-bond acceptors (Lipinski definition) is 1. The number of anilines is 3. The molecule has 1 heterocycles. The van der Waals surface area contributed by atoms with Crippen LogP contribution in [0.1, 0.15) is 11.1 Å². The Morgan fingerprint density at radius 2 is 0.867 bits per heavy atom. The third kappa shape index (κ3) is 6.06. The van der Waals surface area contributed by atoms with Crippen LogP contribution < -0.4 is 4.90 Å². The predicted octanol–water partition coefficient (Wildman–Crippen LogP) is 15.9. The van der Waals surface area contributed by atoms with Crippen LogP contribution in [-0.4, -0.2) is 4.57 Å². The summed E-state index contributed by atoms with van der Waals surface area (Å²) in [4.78, 5) is 1.99. The van der Waals surface area contributed by atoms with Gasteiger partial charge in [-0.25, -0.2) is 0 Å². The maximum absolute atomic E-state index is 15.1. The highest BCUT2D eigenvalue weighted by molar-refractivity contribution is 6.25. The Hall–Kier alpha value is -7.32. The van der Waals surface area contributed by atoms with Crippen molar-refractivity contribution in [1.29, 1.82) is 0 Å². The fourth-order valence-electron chi connectivity index (χ4n) is 8.82. The van der Waals surface area contributed by atoms with Crippen molar-refractivity contribution in [2.45, 2.75) is 12.4 Å². The van der Waals surface area contributed by atoms with Crippen molar-refractivity contribution in [1.82, 2.24) is 4.57 Å². The van der Waals surface area contributed by atoms with Crippen LogP contribution in [0.25, 0.3) is 71.3 Å². The van der Waals surface area contributed by atoms with Crippen molar-refractivity contribution in [3.63, 3.8) is 0 Å². The lowest BCUT2D eigenvalue weighted by Gasteiger charge is -2.30. The Kier molecular flexibility index (Phi) is 8.75. The number of aromatic nitrogens is 1. The van der Waals surface area contributed by atoms with Crippen molar-refractivity contribution in [3.05, 3.63) is 205 Å². The molecular weight excluding hydrogens is 767 g/mol. The number of halogens is 6. The highest BCUT2D eigenvalue weighted by atomic mass is 19.4. The lowest BCUT2D eigenvalue weighted by atomic mass is 9.82. The van der Waals surface area contributed by atoms with E-state index in [0.29, 0.717) is 38.6 Å². The normalized spacial score (nSPS) is 12.2. The van der Waals surface area contributed by atoms with Gasteiger partial charge < -0.3 is 9.47 Å². The molecule has 8 heteroatoms. The first-order valence-corrected chi connectivity index (χ1v) is 19.3. The van der Waals surface area contributed by atoms with Crippen LogP contribution in [0.5, 0.6) is 0 Å². The summed E-state index contributed by atoms with van der Waals surface area (Å²) < 4.78 is 92.3. The Morgan fingerprint density at radius 1 is 0.367 bits per heavy atom. The standard InChI is InChI=1S/C52H32F6N2/c53-51(54,55)43-26-12-9-23-39(43)48-37-21-7-8-22-38(37)49(40-24-10-13-27-44(40)52(56,57)58)50-41(48)25-15-29-47(50)59(33-16-3-1-4-17-33)35-30-31-46-42(32-35)36-20-11-14-28-45(36)60(46)34-18-5-2-6-19-34/h1-32H. The van der Waals surface area contributed by atoms with Gasteiger partial charge >= 0.3 is 12.4 Å². The molecular formula is C52H32F6N2. The van der Waals surface area contributed by atoms with Gasteiger partial charge in [-0.1, -0.05) is 127 Å². The molecule has 0 saturated heterocycles. The smallest absolute Gasteiger partial charge is 0.310 e. The van der Waals surface area contributed by atoms with E-state index < -0.39 is 23.5 Å². The van der Waals surface area contributed by atoms with Crippen LogP contribution in [0.4, 0.5) is 43.4 Å². The van der Waals surface area contributed by atoms with E-state index in [4.69, 9.17) is 0 Å². The second-order valence-corrected chi connectivity index (χ2v) is 14.6. The van der Waals surface area contributed by atoms with Gasteiger partial charge in [-0.05, 0) is 99.6 Å². The van der Waals surface area contributed by atoms with E-state index in [9.17, 15) is 13.2 Å². The summed E-state index contributed by atoms with van der Waals surface area (Å²) in [7, 11) is 0. The molecule has 2 nitrogen and oxygen atoms in total.